The third-order valence-corrected chi connectivity index (χ3v) is 3.35. The number of aryl methyl sites for hydroxylation is 1. The number of hydrogen-bond donors (Lipinski definition) is 0. The molecule has 0 spiro atoms. The highest BCUT2D eigenvalue weighted by Gasteiger charge is 2.33. The van der Waals surface area contributed by atoms with Crippen LogP contribution in [0.15, 0.2) is 6.07 Å². The Morgan fingerprint density at radius 2 is 2.50 bits per heavy atom. The van der Waals surface area contributed by atoms with E-state index in [2.05, 4.69) is 16.0 Å². The highest BCUT2D eigenvalue weighted by molar-refractivity contribution is 5.59. The molecule has 1 fully saturated rings. The van der Waals surface area contributed by atoms with Gasteiger partial charge in [0.15, 0.2) is 11.6 Å². The molecule has 16 heavy (non-hydrogen) atoms. The van der Waals surface area contributed by atoms with Gasteiger partial charge in [-0.3, -0.25) is 0 Å². The van der Waals surface area contributed by atoms with Crippen molar-refractivity contribution in [3.63, 3.8) is 0 Å². The van der Waals surface area contributed by atoms with E-state index in [9.17, 15) is 0 Å². The van der Waals surface area contributed by atoms with Gasteiger partial charge in [0, 0.05) is 6.54 Å². The molecule has 1 atom stereocenters. The summed E-state index contributed by atoms with van der Waals surface area (Å²) in [7, 11) is 0. The van der Waals surface area contributed by atoms with Gasteiger partial charge in [-0.2, -0.15) is 5.26 Å². The number of nitriles is 1. The third kappa shape index (κ3) is 1.25. The molecular weight excluding hydrogens is 202 g/mol. The third-order valence-electron chi connectivity index (χ3n) is 3.35. The van der Waals surface area contributed by atoms with Crippen molar-refractivity contribution in [3.05, 3.63) is 17.3 Å². The largest absolute Gasteiger partial charge is 0.488 e. The number of anilines is 1. The topological polar surface area (TPSA) is 49.2 Å². The fraction of sp³-hybridized carbons (Fsp3) is 0.500. The fourth-order valence-corrected chi connectivity index (χ4v) is 2.48. The number of fused-ring (bicyclic) bond motifs is 3. The molecule has 4 nitrogen and oxygen atoms in total. The van der Waals surface area contributed by atoms with E-state index >= 15 is 0 Å². The van der Waals surface area contributed by atoms with Crippen LogP contribution in [0, 0.1) is 18.3 Å². The zero-order valence-corrected chi connectivity index (χ0v) is 9.23. The Bertz CT molecular complexity index is 478. The monoisotopic (exact) mass is 215 g/mol. The highest BCUT2D eigenvalue weighted by Crippen LogP contribution is 2.37. The number of ether oxygens (including phenoxy) is 1. The molecule has 0 bridgehead atoms. The van der Waals surface area contributed by atoms with Gasteiger partial charge in [0.1, 0.15) is 18.4 Å². The smallest absolute Gasteiger partial charge is 0.173 e. The maximum atomic E-state index is 8.99. The molecule has 1 saturated heterocycles. The van der Waals surface area contributed by atoms with E-state index in [1.165, 1.54) is 6.42 Å². The average Bonchev–Trinajstić information content (AvgIpc) is 2.76. The molecule has 0 aliphatic carbocycles. The van der Waals surface area contributed by atoms with Crippen molar-refractivity contribution in [3.8, 4) is 11.8 Å². The van der Waals surface area contributed by atoms with Gasteiger partial charge in [-0.25, -0.2) is 4.98 Å². The lowest BCUT2D eigenvalue weighted by Crippen LogP contribution is -2.38. The van der Waals surface area contributed by atoms with Gasteiger partial charge >= 0.3 is 0 Å². The van der Waals surface area contributed by atoms with Gasteiger partial charge in [-0.15, -0.1) is 0 Å². The van der Waals surface area contributed by atoms with E-state index in [1.807, 2.05) is 13.0 Å². The first kappa shape index (κ1) is 9.46. The van der Waals surface area contributed by atoms with E-state index in [4.69, 9.17) is 10.00 Å². The minimum absolute atomic E-state index is 0.453. The Kier molecular flexibility index (Phi) is 2.00. The summed E-state index contributed by atoms with van der Waals surface area (Å²) in [6.45, 7) is 3.67. The van der Waals surface area contributed by atoms with Crippen LogP contribution in [0.2, 0.25) is 0 Å². The van der Waals surface area contributed by atoms with Gasteiger partial charge in [0.25, 0.3) is 0 Å². The lowest BCUT2D eigenvalue weighted by molar-refractivity contribution is 0.269. The molecule has 0 N–H and O–H groups in total. The minimum atomic E-state index is 0.453. The molecule has 2 aliphatic rings. The van der Waals surface area contributed by atoms with Crippen molar-refractivity contribution in [1.29, 1.82) is 5.26 Å². The Balaban J connectivity index is 2.11. The molecule has 4 heteroatoms. The predicted molar refractivity (Wildman–Crippen MR) is 59.6 cm³/mol. The summed E-state index contributed by atoms with van der Waals surface area (Å²) in [5, 5.41) is 8.99. The number of hydrogen-bond acceptors (Lipinski definition) is 4. The van der Waals surface area contributed by atoms with Crippen LogP contribution in [0.3, 0.4) is 0 Å². The second kappa shape index (κ2) is 3.38. The Hall–Kier alpha value is -1.76. The lowest BCUT2D eigenvalue weighted by Gasteiger charge is -2.32. The van der Waals surface area contributed by atoms with Crippen molar-refractivity contribution in [2.45, 2.75) is 25.8 Å². The van der Waals surface area contributed by atoms with Crippen LogP contribution in [0.4, 0.5) is 5.82 Å². The SMILES string of the molecule is Cc1cc2c(nc1C#N)N1CCC[C@H]1CO2. The zero-order valence-electron chi connectivity index (χ0n) is 9.23. The lowest BCUT2D eigenvalue weighted by atomic mass is 10.1. The predicted octanol–water partition coefficient (Wildman–Crippen LogP) is 1.62. The Labute approximate surface area is 94.5 Å². The van der Waals surface area contributed by atoms with E-state index in [0.717, 1.165) is 36.7 Å². The molecular formula is C12H13N3O. The van der Waals surface area contributed by atoms with E-state index in [1.54, 1.807) is 0 Å². The van der Waals surface area contributed by atoms with Crippen LogP contribution in [0.1, 0.15) is 24.1 Å². The van der Waals surface area contributed by atoms with Crippen molar-refractivity contribution in [1.82, 2.24) is 4.98 Å². The van der Waals surface area contributed by atoms with Crippen LogP contribution < -0.4 is 9.64 Å². The van der Waals surface area contributed by atoms with Crippen molar-refractivity contribution in [2.24, 2.45) is 0 Å². The van der Waals surface area contributed by atoms with Gasteiger partial charge in [-0.05, 0) is 31.4 Å². The molecule has 0 radical (unpaired) electrons. The summed E-state index contributed by atoms with van der Waals surface area (Å²) in [6.07, 6.45) is 2.35. The Morgan fingerprint density at radius 1 is 1.62 bits per heavy atom. The molecule has 82 valence electrons. The van der Waals surface area contributed by atoms with Crippen LogP contribution >= 0.6 is 0 Å². The molecule has 0 aromatic carbocycles. The fourth-order valence-electron chi connectivity index (χ4n) is 2.48. The standard InChI is InChI=1S/C12H13N3O/c1-8-5-11-12(14-10(8)6-13)15-4-2-3-9(15)7-16-11/h5,9H,2-4,7H2,1H3/t9-/m0/s1. The average molecular weight is 215 g/mol. The summed E-state index contributed by atoms with van der Waals surface area (Å²) < 4.78 is 5.70. The summed E-state index contributed by atoms with van der Waals surface area (Å²) in [4.78, 5) is 6.69. The summed E-state index contributed by atoms with van der Waals surface area (Å²) in [5.74, 6) is 1.69. The first-order chi connectivity index (χ1) is 7.79. The normalized spacial score (nSPS) is 22.0. The quantitative estimate of drug-likeness (QED) is 0.660. The molecule has 0 unspecified atom stereocenters. The maximum Gasteiger partial charge on any atom is 0.173 e. The highest BCUT2D eigenvalue weighted by atomic mass is 16.5. The van der Waals surface area contributed by atoms with Gasteiger partial charge in [0.2, 0.25) is 0 Å². The Morgan fingerprint density at radius 3 is 3.31 bits per heavy atom. The van der Waals surface area contributed by atoms with Crippen LogP contribution in [0.5, 0.6) is 5.75 Å². The van der Waals surface area contributed by atoms with Crippen LogP contribution in [0.25, 0.3) is 0 Å². The first-order valence-corrected chi connectivity index (χ1v) is 5.61. The van der Waals surface area contributed by atoms with E-state index < -0.39 is 0 Å². The van der Waals surface area contributed by atoms with Crippen LogP contribution in [-0.2, 0) is 0 Å². The number of aromatic nitrogens is 1. The van der Waals surface area contributed by atoms with Gasteiger partial charge < -0.3 is 9.64 Å². The first-order valence-electron chi connectivity index (χ1n) is 5.61. The van der Waals surface area contributed by atoms with Gasteiger partial charge in [-0.1, -0.05) is 0 Å². The minimum Gasteiger partial charge on any atom is -0.488 e. The maximum absolute atomic E-state index is 8.99. The number of pyridine rings is 1. The summed E-state index contributed by atoms with van der Waals surface area (Å²) >= 11 is 0. The molecule has 2 aliphatic heterocycles. The summed E-state index contributed by atoms with van der Waals surface area (Å²) in [6, 6.07) is 4.51. The zero-order chi connectivity index (χ0) is 11.1. The molecule has 0 amide bonds. The molecule has 1 aromatic heterocycles. The van der Waals surface area contributed by atoms with Gasteiger partial charge in [0.05, 0.1) is 6.04 Å². The summed E-state index contributed by atoms with van der Waals surface area (Å²) in [5.41, 5.74) is 1.40. The van der Waals surface area contributed by atoms with E-state index in [0.29, 0.717) is 11.7 Å². The van der Waals surface area contributed by atoms with Crippen LogP contribution in [-0.4, -0.2) is 24.2 Å². The van der Waals surface area contributed by atoms with Crippen molar-refractivity contribution < 1.29 is 4.74 Å². The molecule has 0 saturated carbocycles. The van der Waals surface area contributed by atoms with E-state index in [-0.39, 0.29) is 0 Å². The molecule has 3 rings (SSSR count). The molecule has 1 aromatic rings. The molecule has 3 heterocycles. The van der Waals surface area contributed by atoms with Crippen molar-refractivity contribution >= 4 is 5.82 Å². The van der Waals surface area contributed by atoms with Crippen molar-refractivity contribution in [2.75, 3.05) is 18.1 Å². The number of nitrogens with zero attached hydrogens (tertiary/aromatic N) is 3. The second-order valence-electron chi connectivity index (χ2n) is 4.39. The second-order valence-corrected chi connectivity index (χ2v) is 4.39. The number of rotatable bonds is 0.